The standard InChI is InChI=1S/C26H24N4O3S/c1-16-8-10-19(11-9-16)24(32)29-28-23(31)15-34-26-27-22-7-5-4-6-21(22)25(33)30(26)20-13-17(2)12-18(3)14-20/h4-14H,15H2,1-3H3,(H,28,31)(H,29,32). The SMILES string of the molecule is Cc1ccc(C(=O)NNC(=O)CSc2nc3ccccc3c(=O)n2-c2cc(C)cc(C)c2)cc1. The van der Waals surface area contributed by atoms with Gasteiger partial charge >= 0.3 is 0 Å². The molecule has 172 valence electrons. The average molecular weight is 473 g/mol. The summed E-state index contributed by atoms with van der Waals surface area (Å²) in [4.78, 5) is 42.7. The molecule has 2 N–H and O–H groups in total. The fraction of sp³-hybridized carbons (Fsp3) is 0.154. The fourth-order valence-corrected chi connectivity index (χ4v) is 4.40. The first-order valence-corrected chi connectivity index (χ1v) is 11.7. The van der Waals surface area contributed by atoms with Crippen LogP contribution in [0, 0.1) is 20.8 Å². The van der Waals surface area contributed by atoms with E-state index in [1.807, 2.05) is 57.2 Å². The molecule has 7 nitrogen and oxygen atoms in total. The molecule has 0 aliphatic heterocycles. The van der Waals surface area contributed by atoms with Gasteiger partial charge in [-0.3, -0.25) is 29.8 Å². The van der Waals surface area contributed by atoms with Gasteiger partial charge in [0, 0.05) is 5.56 Å². The van der Waals surface area contributed by atoms with Crippen LogP contribution in [0.4, 0.5) is 0 Å². The number of hydrazine groups is 1. The van der Waals surface area contributed by atoms with Crippen molar-refractivity contribution in [3.63, 3.8) is 0 Å². The Labute approximate surface area is 201 Å². The van der Waals surface area contributed by atoms with Crippen LogP contribution < -0.4 is 16.4 Å². The largest absolute Gasteiger partial charge is 0.272 e. The highest BCUT2D eigenvalue weighted by molar-refractivity contribution is 7.99. The van der Waals surface area contributed by atoms with Crippen molar-refractivity contribution in [3.05, 3.63) is 99.3 Å². The number of fused-ring (bicyclic) bond motifs is 1. The third kappa shape index (κ3) is 5.18. The summed E-state index contributed by atoms with van der Waals surface area (Å²) in [5, 5.41) is 0.898. The third-order valence-corrected chi connectivity index (χ3v) is 6.11. The zero-order valence-corrected chi connectivity index (χ0v) is 19.9. The molecule has 0 saturated heterocycles. The average Bonchev–Trinajstić information content (AvgIpc) is 2.81. The smallest absolute Gasteiger partial charge is 0.269 e. The highest BCUT2D eigenvalue weighted by Crippen LogP contribution is 2.22. The molecule has 0 aliphatic carbocycles. The van der Waals surface area contributed by atoms with Gasteiger partial charge in [-0.05, 0) is 68.3 Å². The zero-order valence-electron chi connectivity index (χ0n) is 19.1. The van der Waals surface area contributed by atoms with Gasteiger partial charge in [0.15, 0.2) is 5.16 Å². The maximum absolute atomic E-state index is 13.4. The first-order valence-electron chi connectivity index (χ1n) is 10.7. The van der Waals surface area contributed by atoms with Crippen LogP contribution in [0.25, 0.3) is 16.6 Å². The number of hydrogen-bond acceptors (Lipinski definition) is 5. The number of para-hydroxylation sites is 1. The Bertz CT molecular complexity index is 1420. The monoisotopic (exact) mass is 472 g/mol. The van der Waals surface area contributed by atoms with Crippen LogP contribution in [0.3, 0.4) is 0 Å². The maximum Gasteiger partial charge on any atom is 0.269 e. The molecule has 2 amide bonds. The topological polar surface area (TPSA) is 93.1 Å². The van der Waals surface area contributed by atoms with Crippen LogP contribution >= 0.6 is 11.8 Å². The summed E-state index contributed by atoms with van der Waals surface area (Å²) in [6.45, 7) is 5.86. The molecule has 1 heterocycles. The highest BCUT2D eigenvalue weighted by atomic mass is 32.2. The molecule has 0 saturated carbocycles. The van der Waals surface area contributed by atoms with E-state index in [1.54, 1.807) is 30.3 Å². The second kappa shape index (κ2) is 9.93. The maximum atomic E-state index is 13.4. The van der Waals surface area contributed by atoms with Gasteiger partial charge < -0.3 is 0 Å². The van der Waals surface area contributed by atoms with E-state index in [0.29, 0.717) is 27.3 Å². The lowest BCUT2D eigenvalue weighted by molar-refractivity contribution is -0.119. The van der Waals surface area contributed by atoms with Gasteiger partial charge in [-0.2, -0.15) is 0 Å². The van der Waals surface area contributed by atoms with Crippen LogP contribution in [0.5, 0.6) is 0 Å². The van der Waals surface area contributed by atoms with Gasteiger partial charge in [-0.1, -0.05) is 47.7 Å². The number of thioether (sulfide) groups is 1. The van der Waals surface area contributed by atoms with Gasteiger partial charge in [0.25, 0.3) is 11.5 Å². The Balaban J connectivity index is 1.56. The number of carbonyl (C=O) groups is 2. The Morgan fingerprint density at radius 1 is 0.882 bits per heavy atom. The molecular weight excluding hydrogens is 448 g/mol. The molecular formula is C26H24N4O3S. The van der Waals surface area contributed by atoms with Crippen molar-refractivity contribution in [1.82, 2.24) is 20.4 Å². The second-order valence-corrected chi connectivity index (χ2v) is 9.00. The number of amides is 2. The Morgan fingerprint density at radius 2 is 1.56 bits per heavy atom. The van der Waals surface area contributed by atoms with E-state index in [9.17, 15) is 14.4 Å². The number of rotatable bonds is 5. The van der Waals surface area contributed by atoms with E-state index in [2.05, 4.69) is 15.8 Å². The Morgan fingerprint density at radius 3 is 2.26 bits per heavy atom. The second-order valence-electron chi connectivity index (χ2n) is 8.06. The lowest BCUT2D eigenvalue weighted by atomic mass is 10.1. The normalized spacial score (nSPS) is 10.8. The lowest BCUT2D eigenvalue weighted by Crippen LogP contribution is -2.42. The van der Waals surface area contributed by atoms with Crippen molar-refractivity contribution >= 4 is 34.5 Å². The van der Waals surface area contributed by atoms with E-state index in [1.165, 1.54) is 4.57 Å². The van der Waals surface area contributed by atoms with Crippen molar-refractivity contribution in [1.29, 1.82) is 0 Å². The molecule has 0 spiro atoms. The van der Waals surface area contributed by atoms with Gasteiger partial charge in [0.1, 0.15) is 0 Å². The van der Waals surface area contributed by atoms with Crippen LogP contribution in [-0.2, 0) is 4.79 Å². The van der Waals surface area contributed by atoms with Crippen molar-refractivity contribution in [2.24, 2.45) is 0 Å². The highest BCUT2D eigenvalue weighted by Gasteiger charge is 2.16. The van der Waals surface area contributed by atoms with E-state index in [-0.39, 0.29) is 11.3 Å². The molecule has 0 radical (unpaired) electrons. The lowest BCUT2D eigenvalue weighted by Gasteiger charge is -2.14. The summed E-state index contributed by atoms with van der Waals surface area (Å²) in [5.74, 6) is -0.863. The summed E-state index contributed by atoms with van der Waals surface area (Å²) >= 11 is 1.13. The van der Waals surface area contributed by atoms with Crippen molar-refractivity contribution < 1.29 is 9.59 Å². The number of carbonyl (C=O) groups excluding carboxylic acids is 2. The Kier molecular flexibility index (Phi) is 6.79. The molecule has 4 rings (SSSR count). The van der Waals surface area contributed by atoms with Crippen molar-refractivity contribution in [2.45, 2.75) is 25.9 Å². The minimum Gasteiger partial charge on any atom is -0.272 e. The zero-order chi connectivity index (χ0) is 24.2. The molecule has 0 atom stereocenters. The van der Waals surface area contributed by atoms with Crippen LogP contribution in [0.2, 0.25) is 0 Å². The number of nitrogens with zero attached hydrogens (tertiary/aromatic N) is 2. The number of aromatic nitrogens is 2. The minimum atomic E-state index is -0.417. The molecule has 34 heavy (non-hydrogen) atoms. The van der Waals surface area contributed by atoms with Crippen LogP contribution in [0.1, 0.15) is 27.0 Å². The predicted molar refractivity (Wildman–Crippen MR) is 134 cm³/mol. The van der Waals surface area contributed by atoms with E-state index < -0.39 is 11.8 Å². The van der Waals surface area contributed by atoms with Gasteiger partial charge in [-0.15, -0.1) is 0 Å². The molecule has 8 heteroatoms. The number of aryl methyl sites for hydroxylation is 3. The molecule has 0 fully saturated rings. The quantitative estimate of drug-likeness (QED) is 0.261. The van der Waals surface area contributed by atoms with E-state index >= 15 is 0 Å². The molecule has 1 aromatic heterocycles. The number of hydrogen-bond donors (Lipinski definition) is 2. The summed E-state index contributed by atoms with van der Waals surface area (Å²) in [6, 6.07) is 20.0. The fourth-order valence-electron chi connectivity index (χ4n) is 3.59. The molecule has 0 bridgehead atoms. The van der Waals surface area contributed by atoms with Crippen molar-refractivity contribution in [2.75, 3.05) is 5.75 Å². The van der Waals surface area contributed by atoms with Gasteiger partial charge in [-0.25, -0.2) is 4.98 Å². The molecule has 0 unspecified atom stereocenters. The van der Waals surface area contributed by atoms with Gasteiger partial charge in [0.05, 0.1) is 22.3 Å². The van der Waals surface area contributed by atoms with Crippen LogP contribution in [-0.4, -0.2) is 27.1 Å². The number of nitrogens with one attached hydrogen (secondary N) is 2. The minimum absolute atomic E-state index is 0.0379. The van der Waals surface area contributed by atoms with Crippen LogP contribution in [0.15, 0.2) is 76.7 Å². The predicted octanol–water partition coefficient (Wildman–Crippen LogP) is 3.86. The van der Waals surface area contributed by atoms with E-state index in [0.717, 1.165) is 28.5 Å². The van der Waals surface area contributed by atoms with Crippen molar-refractivity contribution in [3.8, 4) is 5.69 Å². The summed E-state index contributed by atoms with van der Waals surface area (Å²) in [6.07, 6.45) is 0. The molecule has 3 aromatic carbocycles. The first-order chi connectivity index (χ1) is 16.3. The molecule has 0 aliphatic rings. The Hall–Kier alpha value is -3.91. The molecule has 4 aromatic rings. The number of benzene rings is 3. The van der Waals surface area contributed by atoms with Gasteiger partial charge in [0.2, 0.25) is 5.91 Å². The summed E-state index contributed by atoms with van der Waals surface area (Å²) in [7, 11) is 0. The summed E-state index contributed by atoms with van der Waals surface area (Å²) in [5.41, 5.74) is 9.40. The third-order valence-electron chi connectivity index (χ3n) is 5.17. The van der Waals surface area contributed by atoms with E-state index in [4.69, 9.17) is 0 Å². The summed E-state index contributed by atoms with van der Waals surface area (Å²) < 4.78 is 1.53. The first kappa shape index (κ1) is 23.3.